The standard InChI is InChI=1S/C20H37N5O7/c1-5-11(4)16(25-17(28)12(21)9-26)19(30)24-14(8-10(2)3)18(29)23-13(20(31)32)6-7-15(22)27/h10-14,16,26H,5-9,21H2,1-4H3,(H2,22,27)(H,23,29)(H,24,30)(H,25,28)(H,31,32). The lowest BCUT2D eigenvalue weighted by Gasteiger charge is -2.28. The highest BCUT2D eigenvalue weighted by Crippen LogP contribution is 2.11. The topological polar surface area (TPSA) is 214 Å². The largest absolute Gasteiger partial charge is 0.480 e. The summed E-state index contributed by atoms with van der Waals surface area (Å²) in [7, 11) is 0. The second-order valence-corrected chi connectivity index (χ2v) is 8.26. The first-order valence-corrected chi connectivity index (χ1v) is 10.6. The van der Waals surface area contributed by atoms with Gasteiger partial charge in [0.1, 0.15) is 24.2 Å². The maximum absolute atomic E-state index is 12.9. The molecule has 0 aliphatic carbocycles. The van der Waals surface area contributed by atoms with Crippen LogP contribution in [0.1, 0.15) is 53.4 Å². The summed E-state index contributed by atoms with van der Waals surface area (Å²) in [6.45, 7) is 6.60. The maximum atomic E-state index is 12.9. The molecule has 0 radical (unpaired) electrons. The number of aliphatic carboxylic acids is 1. The summed E-state index contributed by atoms with van der Waals surface area (Å²) in [6, 6.07) is -4.65. The van der Waals surface area contributed by atoms with Gasteiger partial charge < -0.3 is 37.6 Å². The number of amides is 4. The zero-order valence-corrected chi connectivity index (χ0v) is 19.1. The van der Waals surface area contributed by atoms with Gasteiger partial charge in [0.25, 0.3) is 0 Å². The van der Waals surface area contributed by atoms with Crippen molar-refractivity contribution in [3.63, 3.8) is 0 Å². The molecule has 0 saturated heterocycles. The Labute approximate surface area is 187 Å². The molecule has 184 valence electrons. The lowest BCUT2D eigenvalue weighted by Crippen LogP contribution is -2.59. The SMILES string of the molecule is CCC(C)C(NC(=O)C(N)CO)C(=O)NC(CC(C)C)C(=O)NC(CCC(N)=O)C(=O)O. The molecule has 0 aliphatic heterocycles. The van der Waals surface area contributed by atoms with E-state index >= 15 is 0 Å². The summed E-state index contributed by atoms with van der Waals surface area (Å²) in [4.78, 5) is 60.2. The van der Waals surface area contributed by atoms with Crippen molar-refractivity contribution in [1.29, 1.82) is 0 Å². The molecule has 0 fully saturated rings. The predicted octanol–water partition coefficient (Wildman–Crippen LogP) is -1.80. The molecule has 0 aliphatic rings. The summed E-state index contributed by atoms with van der Waals surface area (Å²) in [5.41, 5.74) is 10.6. The molecule has 0 spiro atoms. The van der Waals surface area contributed by atoms with Gasteiger partial charge in [-0.1, -0.05) is 34.1 Å². The van der Waals surface area contributed by atoms with Crippen molar-refractivity contribution < 1.29 is 34.2 Å². The molecule has 12 heteroatoms. The molecule has 5 unspecified atom stereocenters. The Morgan fingerprint density at radius 3 is 1.91 bits per heavy atom. The maximum Gasteiger partial charge on any atom is 0.326 e. The molecule has 32 heavy (non-hydrogen) atoms. The monoisotopic (exact) mass is 459 g/mol. The number of carbonyl (C=O) groups is 5. The average Bonchev–Trinajstić information content (AvgIpc) is 2.71. The van der Waals surface area contributed by atoms with Gasteiger partial charge in [-0.2, -0.15) is 0 Å². The van der Waals surface area contributed by atoms with E-state index in [0.717, 1.165) is 0 Å². The fourth-order valence-electron chi connectivity index (χ4n) is 2.83. The molecule has 5 atom stereocenters. The number of aliphatic hydroxyl groups excluding tert-OH is 1. The van der Waals surface area contributed by atoms with Crippen molar-refractivity contribution in [3.8, 4) is 0 Å². The normalized spacial score (nSPS) is 15.7. The van der Waals surface area contributed by atoms with E-state index in [-0.39, 0.29) is 31.1 Å². The minimum Gasteiger partial charge on any atom is -0.480 e. The Hall–Kier alpha value is -2.73. The van der Waals surface area contributed by atoms with Crippen LogP contribution in [0.5, 0.6) is 0 Å². The number of carbonyl (C=O) groups excluding carboxylic acids is 4. The van der Waals surface area contributed by atoms with Crippen LogP contribution >= 0.6 is 0 Å². The summed E-state index contributed by atoms with van der Waals surface area (Å²) in [5, 5.41) is 25.8. The number of hydrogen-bond donors (Lipinski definition) is 7. The minimum atomic E-state index is -1.35. The summed E-state index contributed by atoms with van der Waals surface area (Å²) >= 11 is 0. The number of hydrogen-bond acceptors (Lipinski definition) is 7. The molecule has 0 saturated carbocycles. The molecule has 4 amide bonds. The number of aliphatic hydroxyl groups is 1. The predicted molar refractivity (Wildman–Crippen MR) is 116 cm³/mol. The van der Waals surface area contributed by atoms with Crippen LogP contribution in [0.2, 0.25) is 0 Å². The molecule has 12 nitrogen and oxygen atoms in total. The van der Waals surface area contributed by atoms with Gasteiger partial charge in [0, 0.05) is 6.42 Å². The van der Waals surface area contributed by atoms with Gasteiger partial charge >= 0.3 is 5.97 Å². The molecule has 0 bridgehead atoms. The van der Waals surface area contributed by atoms with Gasteiger partial charge in [0.2, 0.25) is 23.6 Å². The zero-order valence-electron chi connectivity index (χ0n) is 19.1. The average molecular weight is 460 g/mol. The van der Waals surface area contributed by atoms with Gasteiger partial charge in [-0.3, -0.25) is 19.2 Å². The first kappa shape index (κ1) is 29.3. The van der Waals surface area contributed by atoms with Gasteiger partial charge in [-0.05, 0) is 24.7 Å². The number of rotatable bonds is 15. The Balaban J connectivity index is 5.51. The van der Waals surface area contributed by atoms with Gasteiger partial charge in [0.15, 0.2) is 0 Å². The van der Waals surface area contributed by atoms with Crippen molar-refractivity contribution in [2.24, 2.45) is 23.3 Å². The van der Waals surface area contributed by atoms with Gasteiger partial charge in [0.05, 0.1) is 6.61 Å². The van der Waals surface area contributed by atoms with E-state index in [1.165, 1.54) is 0 Å². The molecular weight excluding hydrogens is 422 g/mol. The lowest BCUT2D eigenvalue weighted by atomic mass is 9.96. The summed E-state index contributed by atoms with van der Waals surface area (Å²) < 4.78 is 0. The first-order valence-electron chi connectivity index (χ1n) is 10.6. The Morgan fingerprint density at radius 2 is 1.47 bits per heavy atom. The zero-order chi connectivity index (χ0) is 25.0. The van der Waals surface area contributed by atoms with Crippen molar-refractivity contribution >= 4 is 29.6 Å². The van der Waals surface area contributed by atoms with E-state index < -0.39 is 60.4 Å². The van der Waals surface area contributed by atoms with Gasteiger partial charge in [-0.25, -0.2) is 4.79 Å². The Morgan fingerprint density at radius 1 is 0.906 bits per heavy atom. The van der Waals surface area contributed by atoms with E-state index in [0.29, 0.717) is 6.42 Å². The molecule has 0 aromatic rings. The van der Waals surface area contributed by atoms with E-state index in [1.807, 2.05) is 20.8 Å². The van der Waals surface area contributed by atoms with Crippen LogP contribution in [0, 0.1) is 11.8 Å². The fraction of sp³-hybridized carbons (Fsp3) is 0.750. The van der Waals surface area contributed by atoms with Crippen LogP contribution in [-0.4, -0.2) is 70.6 Å². The minimum absolute atomic E-state index is 0.0283. The molecular formula is C20H37N5O7. The molecule has 0 aromatic heterocycles. The smallest absolute Gasteiger partial charge is 0.326 e. The van der Waals surface area contributed by atoms with Crippen LogP contribution < -0.4 is 27.4 Å². The fourth-order valence-corrected chi connectivity index (χ4v) is 2.83. The van der Waals surface area contributed by atoms with E-state index in [1.54, 1.807) is 6.92 Å². The van der Waals surface area contributed by atoms with Gasteiger partial charge in [-0.15, -0.1) is 0 Å². The van der Waals surface area contributed by atoms with Crippen molar-refractivity contribution in [1.82, 2.24) is 16.0 Å². The third-order valence-corrected chi connectivity index (χ3v) is 4.96. The number of nitrogens with one attached hydrogen (secondary N) is 3. The summed E-state index contributed by atoms with van der Waals surface area (Å²) in [5.74, 6) is -4.46. The van der Waals surface area contributed by atoms with Crippen LogP contribution in [-0.2, 0) is 24.0 Å². The van der Waals surface area contributed by atoms with Crippen molar-refractivity contribution in [2.45, 2.75) is 77.5 Å². The highest BCUT2D eigenvalue weighted by molar-refractivity contribution is 5.94. The number of nitrogens with two attached hydrogens (primary N) is 2. The Bertz CT molecular complexity index is 671. The number of primary amides is 1. The molecule has 0 aromatic carbocycles. The quantitative estimate of drug-likeness (QED) is 0.148. The highest BCUT2D eigenvalue weighted by Gasteiger charge is 2.32. The third kappa shape index (κ3) is 10.5. The number of carboxylic acid groups (broad SMARTS) is 1. The van der Waals surface area contributed by atoms with E-state index in [4.69, 9.17) is 16.6 Å². The Kier molecular flexibility index (Phi) is 13.1. The lowest BCUT2D eigenvalue weighted by molar-refractivity contribution is -0.142. The van der Waals surface area contributed by atoms with E-state index in [2.05, 4.69) is 16.0 Å². The second kappa shape index (κ2) is 14.4. The van der Waals surface area contributed by atoms with Crippen LogP contribution in [0.15, 0.2) is 0 Å². The second-order valence-electron chi connectivity index (χ2n) is 8.26. The van der Waals surface area contributed by atoms with Crippen molar-refractivity contribution in [3.05, 3.63) is 0 Å². The van der Waals surface area contributed by atoms with E-state index in [9.17, 15) is 29.1 Å². The highest BCUT2D eigenvalue weighted by atomic mass is 16.4. The van der Waals surface area contributed by atoms with Crippen LogP contribution in [0.4, 0.5) is 0 Å². The van der Waals surface area contributed by atoms with Crippen LogP contribution in [0.3, 0.4) is 0 Å². The third-order valence-electron chi connectivity index (χ3n) is 4.96. The summed E-state index contributed by atoms with van der Waals surface area (Å²) in [6.07, 6.45) is 0.314. The molecule has 0 heterocycles. The molecule has 0 rings (SSSR count). The van der Waals surface area contributed by atoms with Crippen molar-refractivity contribution in [2.75, 3.05) is 6.61 Å². The first-order chi connectivity index (χ1) is 14.8. The van der Waals surface area contributed by atoms with Crippen LogP contribution in [0.25, 0.3) is 0 Å². The molecule has 9 N–H and O–H groups in total. The number of carboxylic acids is 1.